The molecule has 0 fully saturated rings. The van der Waals surface area contributed by atoms with E-state index >= 15 is 0 Å². The maximum absolute atomic E-state index is 13.7. The van der Waals surface area contributed by atoms with Crippen molar-refractivity contribution < 1.29 is 22.8 Å². The lowest BCUT2D eigenvalue weighted by atomic mass is 10.1. The molecule has 4 aromatic rings. The standard InChI is InChI=1S/C20H12ClF3N4O2S/c1-10(29)11-4-2-5-12(8-11)25-19(30)17-16(21)18-26-13(14-6-3-7-31-14)9-15(20(22,23)24)28(18)27-17/h2-9H,1H3,(H,25,30). The highest BCUT2D eigenvalue weighted by Crippen LogP contribution is 2.35. The SMILES string of the molecule is CC(=O)c1cccc(NC(=O)c2nn3c(C(F)(F)F)cc(-c4cccs4)nc3c2Cl)c1. The van der Waals surface area contributed by atoms with E-state index < -0.39 is 23.5 Å². The van der Waals surface area contributed by atoms with Crippen LogP contribution in [-0.4, -0.2) is 26.3 Å². The van der Waals surface area contributed by atoms with E-state index in [4.69, 9.17) is 11.6 Å². The summed E-state index contributed by atoms with van der Waals surface area (Å²) >= 11 is 7.45. The van der Waals surface area contributed by atoms with Crippen LogP contribution in [0.1, 0.15) is 33.5 Å². The summed E-state index contributed by atoms with van der Waals surface area (Å²) in [5.41, 5.74) is -1.12. The molecule has 0 aliphatic rings. The van der Waals surface area contributed by atoms with Gasteiger partial charge in [-0.3, -0.25) is 9.59 Å². The van der Waals surface area contributed by atoms with E-state index in [1.807, 2.05) is 0 Å². The lowest BCUT2D eigenvalue weighted by molar-refractivity contribution is -0.142. The molecule has 4 rings (SSSR count). The third-order valence-electron chi connectivity index (χ3n) is 4.34. The molecule has 0 saturated heterocycles. The number of thiophene rings is 1. The van der Waals surface area contributed by atoms with Crippen molar-refractivity contribution in [1.29, 1.82) is 0 Å². The van der Waals surface area contributed by atoms with Gasteiger partial charge in [0, 0.05) is 11.3 Å². The number of aromatic nitrogens is 3. The zero-order chi connectivity index (χ0) is 22.3. The number of Topliss-reactive ketones (excluding diaryl/α,β-unsaturated/α-hetero) is 1. The zero-order valence-electron chi connectivity index (χ0n) is 15.7. The van der Waals surface area contributed by atoms with E-state index in [1.54, 1.807) is 29.6 Å². The molecule has 1 N–H and O–H groups in total. The lowest BCUT2D eigenvalue weighted by Gasteiger charge is -2.10. The van der Waals surface area contributed by atoms with Gasteiger partial charge >= 0.3 is 6.18 Å². The Labute approximate surface area is 182 Å². The van der Waals surface area contributed by atoms with Crippen LogP contribution in [0.3, 0.4) is 0 Å². The van der Waals surface area contributed by atoms with Crippen LogP contribution in [0.4, 0.5) is 18.9 Å². The van der Waals surface area contributed by atoms with Gasteiger partial charge in [-0.25, -0.2) is 9.50 Å². The molecule has 0 aliphatic heterocycles. The van der Waals surface area contributed by atoms with Gasteiger partial charge in [-0.1, -0.05) is 29.8 Å². The summed E-state index contributed by atoms with van der Waals surface area (Å²) in [6.45, 7) is 1.37. The van der Waals surface area contributed by atoms with Crippen LogP contribution < -0.4 is 5.32 Å². The van der Waals surface area contributed by atoms with Crippen molar-refractivity contribution in [3.8, 4) is 10.6 Å². The van der Waals surface area contributed by atoms with Crippen LogP contribution in [0.25, 0.3) is 16.2 Å². The summed E-state index contributed by atoms with van der Waals surface area (Å²) in [6, 6.07) is 10.3. The second-order valence-electron chi connectivity index (χ2n) is 6.49. The fraction of sp³-hybridized carbons (Fsp3) is 0.100. The minimum Gasteiger partial charge on any atom is -0.321 e. The number of nitrogens with zero attached hydrogens (tertiary/aromatic N) is 3. The molecule has 0 unspecified atom stereocenters. The quantitative estimate of drug-likeness (QED) is 0.400. The minimum atomic E-state index is -4.76. The molecule has 0 bridgehead atoms. The zero-order valence-corrected chi connectivity index (χ0v) is 17.3. The molecular formula is C20H12ClF3N4O2S. The number of hydrogen-bond donors (Lipinski definition) is 1. The second-order valence-corrected chi connectivity index (χ2v) is 7.82. The van der Waals surface area contributed by atoms with Crippen molar-refractivity contribution in [2.45, 2.75) is 13.1 Å². The Morgan fingerprint density at radius 1 is 1.16 bits per heavy atom. The molecule has 6 nitrogen and oxygen atoms in total. The fourth-order valence-electron chi connectivity index (χ4n) is 2.90. The molecule has 158 valence electrons. The highest BCUT2D eigenvalue weighted by molar-refractivity contribution is 7.13. The summed E-state index contributed by atoms with van der Waals surface area (Å²) in [5.74, 6) is -1.04. The number of ketones is 1. The number of alkyl halides is 3. The first-order chi connectivity index (χ1) is 14.6. The van der Waals surface area contributed by atoms with Crippen molar-refractivity contribution in [1.82, 2.24) is 14.6 Å². The number of carbonyl (C=O) groups is 2. The highest BCUT2D eigenvalue weighted by atomic mass is 35.5. The molecule has 31 heavy (non-hydrogen) atoms. The van der Waals surface area contributed by atoms with Crippen molar-refractivity contribution in [3.05, 3.63) is 69.8 Å². The van der Waals surface area contributed by atoms with Crippen molar-refractivity contribution in [3.63, 3.8) is 0 Å². The smallest absolute Gasteiger partial charge is 0.321 e. The molecule has 0 radical (unpaired) electrons. The van der Waals surface area contributed by atoms with E-state index in [1.165, 1.54) is 30.4 Å². The van der Waals surface area contributed by atoms with Gasteiger partial charge in [0.2, 0.25) is 0 Å². The number of nitrogens with one attached hydrogen (secondary N) is 1. The number of rotatable bonds is 4. The topological polar surface area (TPSA) is 76.4 Å². The van der Waals surface area contributed by atoms with Crippen molar-refractivity contribution in [2.24, 2.45) is 0 Å². The van der Waals surface area contributed by atoms with E-state index in [0.29, 0.717) is 15.0 Å². The average Bonchev–Trinajstić information content (AvgIpc) is 3.35. The molecule has 1 amide bonds. The first-order valence-corrected chi connectivity index (χ1v) is 10.0. The Hall–Kier alpha value is -3.24. The molecule has 11 heteroatoms. The molecule has 0 spiro atoms. The van der Waals surface area contributed by atoms with E-state index in [-0.39, 0.29) is 27.8 Å². The molecule has 3 aromatic heterocycles. The number of fused-ring (bicyclic) bond motifs is 1. The molecule has 0 atom stereocenters. The lowest BCUT2D eigenvalue weighted by Crippen LogP contribution is -2.16. The van der Waals surface area contributed by atoms with E-state index in [9.17, 15) is 22.8 Å². The van der Waals surface area contributed by atoms with Crippen LogP contribution >= 0.6 is 22.9 Å². The van der Waals surface area contributed by atoms with Gasteiger partial charge in [-0.15, -0.1) is 11.3 Å². The van der Waals surface area contributed by atoms with Gasteiger partial charge in [0.1, 0.15) is 5.02 Å². The fourth-order valence-corrected chi connectivity index (χ4v) is 3.83. The Kier molecular flexibility index (Phi) is 5.28. The average molecular weight is 465 g/mol. The molecule has 3 heterocycles. The van der Waals surface area contributed by atoms with Crippen molar-refractivity contribution >= 4 is 46.0 Å². The van der Waals surface area contributed by atoms with E-state index in [0.717, 1.165) is 6.07 Å². The summed E-state index contributed by atoms with van der Waals surface area (Å²) in [4.78, 5) is 28.9. The minimum absolute atomic E-state index is 0.0674. The van der Waals surface area contributed by atoms with Gasteiger partial charge in [-0.2, -0.15) is 18.3 Å². The third kappa shape index (κ3) is 4.04. The van der Waals surface area contributed by atoms with Gasteiger partial charge in [-0.05, 0) is 36.6 Å². The van der Waals surface area contributed by atoms with Gasteiger partial charge < -0.3 is 5.32 Å². The summed E-state index contributed by atoms with van der Waals surface area (Å²) < 4.78 is 41.6. The number of hydrogen-bond acceptors (Lipinski definition) is 5. The largest absolute Gasteiger partial charge is 0.433 e. The maximum atomic E-state index is 13.7. The van der Waals surface area contributed by atoms with Crippen LogP contribution in [0.5, 0.6) is 0 Å². The Morgan fingerprint density at radius 3 is 2.58 bits per heavy atom. The van der Waals surface area contributed by atoms with Crippen LogP contribution in [0.15, 0.2) is 47.8 Å². The molecule has 0 saturated carbocycles. The molecule has 0 aliphatic carbocycles. The van der Waals surface area contributed by atoms with Crippen LogP contribution in [0.2, 0.25) is 5.02 Å². The normalized spacial score (nSPS) is 11.6. The van der Waals surface area contributed by atoms with Gasteiger partial charge in [0.25, 0.3) is 5.91 Å². The summed E-state index contributed by atoms with van der Waals surface area (Å²) in [7, 11) is 0. The maximum Gasteiger partial charge on any atom is 0.433 e. The molecular weight excluding hydrogens is 453 g/mol. The molecule has 1 aromatic carbocycles. The Morgan fingerprint density at radius 2 is 1.94 bits per heavy atom. The van der Waals surface area contributed by atoms with Crippen LogP contribution in [0, 0.1) is 0 Å². The second kappa shape index (κ2) is 7.78. The monoisotopic (exact) mass is 464 g/mol. The van der Waals surface area contributed by atoms with E-state index in [2.05, 4.69) is 15.4 Å². The number of anilines is 1. The predicted octanol–water partition coefficient (Wildman–Crippen LogP) is 5.58. The van der Waals surface area contributed by atoms with Crippen molar-refractivity contribution in [2.75, 3.05) is 5.32 Å². The first kappa shape index (κ1) is 21.0. The van der Waals surface area contributed by atoms with Gasteiger partial charge in [0.05, 0.1) is 10.6 Å². The number of amides is 1. The number of halogens is 4. The first-order valence-electron chi connectivity index (χ1n) is 8.78. The van der Waals surface area contributed by atoms with Gasteiger partial charge in [0.15, 0.2) is 22.8 Å². The predicted molar refractivity (Wildman–Crippen MR) is 111 cm³/mol. The Bertz CT molecular complexity index is 1320. The Balaban J connectivity index is 1.80. The third-order valence-corrected chi connectivity index (χ3v) is 5.58. The highest BCUT2D eigenvalue weighted by Gasteiger charge is 2.36. The van der Waals surface area contributed by atoms with Crippen LogP contribution in [-0.2, 0) is 6.18 Å². The number of benzene rings is 1. The summed E-state index contributed by atoms with van der Waals surface area (Å²) in [5, 5.41) is 7.67. The summed E-state index contributed by atoms with van der Waals surface area (Å²) in [6.07, 6.45) is -4.76. The number of carbonyl (C=O) groups excluding carboxylic acids is 2.